The van der Waals surface area contributed by atoms with Crippen molar-refractivity contribution in [2.45, 2.75) is 91.7 Å². The highest BCUT2D eigenvalue weighted by atomic mass is 16.6. The Bertz CT molecular complexity index is 852. The number of nitrogens with two attached hydrogens (primary N) is 1. The molecule has 0 bridgehead atoms. The fraction of sp³-hybridized carbons (Fsp3) is 0.615. The summed E-state index contributed by atoms with van der Waals surface area (Å²) in [6, 6.07) is 3.70. The summed E-state index contributed by atoms with van der Waals surface area (Å²) in [6.45, 7) is 8.89. The zero-order valence-corrected chi connectivity index (χ0v) is 21.5. The predicted molar refractivity (Wildman–Crippen MR) is 130 cm³/mol. The fourth-order valence-electron chi connectivity index (χ4n) is 2.86. The van der Waals surface area contributed by atoms with Crippen molar-refractivity contribution in [2.24, 2.45) is 11.7 Å². The van der Waals surface area contributed by atoms with Gasteiger partial charge in [-0.05, 0) is 43.9 Å². The minimum atomic E-state index is -1.00. The normalized spacial score (nSPS) is 12.5. The van der Waals surface area contributed by atoms with Crippen LogP contribution < -0.4 is 15.2 Å². The van der Waals surface area contributed by atoms with Gasteiger partial charge in [-0.3, -0.25) is 19.2 Å². The summed E-state index contributed by atoms with van der Waals surface area (Å²) in [5, 5.41) is 0. The summed E-state index contributed by atoms with van der Waals surface area (Å²) in [7, 11) is 0. The van der Waals surface area contributed by atoms with Gasteiger partial charge in [0.1, 0.15) is 18.8 Å². The first-order valence-corrected chi connectivity index (χ1v) is 12.2. The van der Waals surface area contributed by atoms with Gasteiger partial charge in [-0.15, -0.1) is 0 Å². The highest BCUT2D eigenvalue weighted by Gasteiger charge is 2.22. The van der Waals surface area contributed by atoms with Gasteiger partial charge in [0.05, 0.1) is 5.92 Å². The van der Waals surface area contributed by atoms with Crippen molar-refractivity contribution < 1.29 is 38.1 Å². The van der Waals surface area contributed by atoms with Crippen LogP contribution in [0.3, 0.4) is 0 Å². The molecule has 1 rings (SSSR count). The van der Waals surface area contributed by atoms with Crippen molar-refractivity contribution in [2.75, 3.05) is 6.61 Å². The van der Waals surface area contributed by atoms with E-state index in [0.29, 0.717) is 18.4 Å². The molecule has 1 aromatic carbocycles. The molecule has 0 spiro atoms. The van der Waals surface area contributed by atoms with E-state index in [-0.39, 0.29) is 49.3 Å². The number of esters is 4. The summed E-state index contributed by atoms with van der Waals surface area (Å²) in [6.07, 6.45) is 2.97. The van der Waals surface area contributed by atoms with E-state index in [1.54, 1.807) is 26.8 Å². The zero-order valence-electron chi connectivity index (χ0n) is 21.5. The molecule has 0 aliphatic rings. The number of hydrogen-bond donors (Lipinski definition) is 1. The van der Waals surface area contributed by atoms with Gasteiger partial charge in [-0.2, -0.15) is 0 Å². The number of carbonyl (C=O) groups is 4. The number of ether oxygens (including phenoxy) is 4. The molecule has 0 radical (unpaired) electrons. The third-order valence-electron chi connectivity index (χ3n) is 4.93. The number of rotatable bonds is 15. The number of benzene rings is 1. The van der Waals surface area contributed by atoms with E-state index < -0.39 is 30.1 Å². The molecule has 0 aromatic heterocycles. The van der Waals surface area contributed by atoms with Gasteiger partial charge in [0, 0.05) is 12.8 Å². The van der Waals surface area contributed by atoms with Gasteiger partial charge >= 0.3 is 23.9 Å². The largest absolute Gasteiger partial charge is 0.462 e. The lowest BCUT2D eigenvalue weighted by molar-refractivity contribution is -0.160. The van der Waals surface area contributed by atoms with E-state index in [1.807, 2.05) is 13.8 Å². The number of hydrogen-bond acceptors (Lipinski definition) is 9. The Hall–Kier alpha value is -2.94. The molecule has 0 saturated heterocycles. The number of carbonyl (C=O) groups excluding carboxylic acids is 4. The van der Waals surface area contributed by atoms with Crippen molar-refractivity contribution >= 4 is 23.9 Å². The van der Waals surface area contributed by atoms with Gasteiger partial charge in [0.15, 0.2) is 11.5 Å². The molecular formula is C26H39NO8. The molecule has 2 N–H and O–H groups in total. The Morgan fingerprint density at radius 1 is 0.857 bits per heavy atom. The van der Waals surface area contributed by atoms with Gasteiger partial charge in [0.25, 0.3) is 0 Å². The quantitative estimate of drug-likeness (QED) is 0.285. The lowest BCUT2D eigenvalue weighted by atomic mass is 10.1. The van der Waals surface area contributed by atoms with Crippen LogP contribution in [-0.4, -0.2) is 42.6 Å². The lowest BCUT2D eigenvalue weighted by Gasteiger charge is -2.18. The van der Waals surface area contributed by atoms with E-state index in [0.717, 1.165) is 12.8 Å². The summed E-state index contributed by atoms with van der Waals surface area (Å²) < 4.78 is 21.2. The fourth-order valence-corrected chi connectivity index (χ4v) is 2.86. The maximum atomic E-state index is 12.4. The third-order valence-corrected chi connectivity index (χ3v) is 4.93. The highest BCUT2D eigenvalue weighted by Crippen LogP contribution is 2.30. The van der Waals surface area contributed by atoms with Gasteiger partial charge in [-0.1, -0.05) is 46.6 Å². The molecule has 0 fully saturated rings. The van der Waals surface area contributed by atoms with Gasteiger partial charge < -0.3 is 24.7 Å². The van der Waals surface area contributed by atoms with Gasteiger partial charge in [0.2, 0.25) is 0 Å². The molecular weight excluding hydrogens is 454 g/mol. The predicted octanol–water partition coefficient (Wildman–Crippen LogP) is 3.88. The van der Waals surface area contributed by atoms with Crippen molar-refractivity contribution in [1.29, 1.82) is 0 Å². The van der Waals surface area contributed by atoms with Crippen LogP contribution in [0.5, 0.6) is 11.5 Å². The topological polar surface area (TPSA) is 131 Å². The second kappa shape index (κ2) is 15.9. The Morgan fingerprint density at radius 2 is 1.43 bits per heavy atom. The molecule has 196 valence electrons. The molecule has 9 heteroatoms. The van der Waals surface area contributed by atoms with E-state index in [4.69, 9.17) is 24.7 Å². The summed E-state index contributed by atoms with van der Waals surface area (Å²) >= 11 is 0. The highest BCUT2D eigenvalue weighted by molar-refractivity contribution is 5.77. The van der Waals surface area contributed by atoms with Crippen LogP contribution in [0.15, 0.2) is 18.2 Å². The van der Waals surface area contributed by atoms with E-state index in [1.165, 1.54) is 12.1 Å². The van der Waals surface area contributed by atoms with Crippen LogP contribution in [0.2, 0.25) is 0 Å². The minimum Gasteiger partial charge on any atom is -0.462 e. The minimum absolute atomic E-state index is 0.0641. The SMILES string of the molecule is CCCCC(=O)Oc1ccc(C[C@H](N)C(=O)O[C@@H](C)COC(=O)C(C)C)cc1OC(=O)CCCC. The van der Waals surface area contributed by atoms with Crippen LogP contribution in [0, 0.1) is 5.92 Å². The first kappa shape index (κ1) is 30.1. The Labute approximate surface area is 207 Å². The summed E-state index contributed by atoms with van der Waals surface area (Å²) in [5.41, 5.74) is 6.61. The first-order chi connectivity index (χ1) is 16.6. The van der Waals surface area contributed by atoms with Crippen molar-refractivity contribution in [3.8, 4) is 11.5 Å². The van der Waals surface area contributed by atoms with E-state index >= 15 is 0 Å². The molecule has 0 amide bonds. The van der Waals surface area contributed by atoms with E-state index in [9.17, 15) is 19.2 Å². The Kier molecular flexibility index (Phi) is 13.6. The average molecular weight is 494 g/mol. The molecule has 35 heavy (non-hydrogen) atoms. The van der Waals surface area contributed by atoms with Crippen LogP contribution >= 0.6 is 0 Å². The monoisotopic (exact) mass is 493 g/mol. The average Bonchev–Trinajstić information content (AvgIpc) is 2.81. The molecule has 0 aliphatic carbocycles. The first-order valence-electron chi connectivity index (χ1n) is 12.2. The molecule has 2 atom stereocenters. The van der Waals surface area contributed by atoms with Crippen LogP contribution in [0.1, 0.15) is 78.7 Å². The zero-order chi connectivity index (χ0) is 26.4. The maximum absolute atomic E-state index is 12.4. The van der Waals surface area contributed by atoms with Crippen molar-refractivity contribution in [1.82, 2.24) is 0 Å². The second-order valence-corrected chi connectivity index (χ2v) is 8.78. The van der Waals surface area contributed by atoms with Gasteiger partial charge in [-0.25, -0.2) is 0 Å². The Morgan fingerprint density at radius 3 is 1.97 bits per heavy atom. The maximum Gasteiger partial charge on any atom is 0.323 e. The molecule has 0 saturated carbocycles. The smallest absolute Gasteiger partial charge is 0.323 e. The molecule has 0 unspecified atom stereocenters. The lowest BCUT2D eigenvalue weighted by Crippen LogP contribution is -2.37. The molecule has 0 heterocycles. The Balaban J connectivity index is 2.85. The van der Waals surface area contributed by atoms with Crippen molar-refractivity contribution in [3.63, 3.8) is 0 Å². The molecule has 9 nitrogen and oxygen atoms in total. The van der Waals surface area contributed by atoms with Crippen molar-refractivity contribution in [3.05, 3.63) is 23.8 Å². The van der Waals surface area contributed by atoms with Crippen LogP contribution in [-0.2, 0) is 35.1 Å². The second-order valence-electron chi connectivity index (χ2n) is 8.78. The van der Waals surface area contributed by atoms with Crippen LogP contribution in [0.4, 0.5) is 0 Å². The third kappa shape index (κ3) is 11.8. The summed E-state index contributed by atoms with van der Waals surface area (Å²) in [5.74, 6) is -1.94. The van der Waals surface area contributed by atoms with Crippen LogP contribution in [0.25, 0.3) is 0 Å². The molecule has 0 aliphatic heterocycles. The van der Waals surface area contributed by atoms with E-state index in [2.05, 4.69) is 0 Å². The standard InChI is InChI=1S/C26H39NO8/c1-6-8-10-23(28)34-21-13-12-19(15-22(21)35-24(29)11-9-7-2)14-20(27)26(31)33-18(5)16-32-25(30)17(3)4/h12-13,15,17-18,20H,6-11,14,16,27H2,1-5H3/t18-,20-/m0/s1. The summed E-state index contributed by atoms with van der Waals surface area (Å²) in [4.78, 5) is 48.2. The number of unbranched alkanes of at least 4 members (excludes halogenated alkanes) is 2. The molecule has 1 aromatic rings.